The third-order valence-electron chi connectivity index (χ3n) is 3.58. The zero-order chi connectivity index (χ0) is 14.5. The van der Waals surface area contributed by atoms with Crippen LogP contribution in [0, 0.1) is 16.0 Å². The van der Waals surface area contributed by atoms with E-state index in [0.717, 1.165) is 37.5 Å². The van der Waals surface area contributed by atoms with Gasteiger partial charge in [-0.1, -0.05) is 19.1 Å². The Labute approximate surface area is 120 Å². The summed E-state index contributed by atoms with van der Waals surface area (Å²) in [6.07, 6.45) is 3.59. The molecule has 5 nitrogen and oxygen atoms in total. The number of nitro groups is 1. The maximum atomic E-state index is 11.2. The van der Waals surface area contributed by atoms with Crippen molar-refractivity contribution in [1.29, 1.82) is 0 Å². The fraction of sp³-hybridized carbons (Fsp3) is 0.600. The summed E-state index contributed by atoms with van der Waals surface area (Å²) in [6, 6.07) is 5.33. The molecule has 1 aromatic carbocycles. The van der Waals surface area contributed by atoms with E-state index in [1.165, 1.54) is 12.8 Å². The first-order valence-corrected chi connectivity index (χ1v) is 7.30. The molecule has 1 aromatic rings. The highest BCUT2D eigenvalue weighted by atomic mass is 16.6. The molecule has 2 rings (SSSR count). The second-order valence-corrected chi connectivity index (χ2v) is 5.64. The predicted molar refractivity (Wildman–Crippen MR) is 80.9 cm³/mol. The van der Waals surface area contributed by atoms with Gasteiger partial charge in [0.25, 0.3) is 5.69 Å². The summed E-state index contributed by atoms with van der Waals surface area (Å²) in [5.74, 6) is 0.825. The molecule has 5 heteroatoms. The molecular weight excluding hydrogens is 254 g/mol. The lowest BCUT2D eigenvalue weighted by Crippen LogP contribution is -2.21. The number of nitro benzene ring substituents is 1. The number of nitrogens with one attached hydrogen (secondary N) is 1. The van der Waals surface area contributed by atoms with Crippen molar-refractivity contribution in [2.75, 3.05) is 25.5 Å². The minimum atomic E-state index is -0.303. The molecule has 0 bridgehead atoms. The van der Waals surface area contributed by atoms with Gasteiger partial charge < -0.3 is 10.2 Å². The first-order chi connectivity index (χ1) is 9.61. The molecule has 0 saturated heterocycles. The maximum Gasteiger partial charge on any atom is 0.292 e. The molecule has 0 aromatic heterocycles. The summed E-state index contributed by atoms with van der Waals surface area (Å²) in [4.78, 5) is 13.1. The monoisotopic (exact) mass is 277 g/mol. The van der Waals surface area contributed by atoms with Crippen molar-refractivity contribution in [3.63, 3.8) is 0 Å². The Bertz CT molecular complexity index is 472. The first-order valence-electron chi connectivity index (χ1n) is 7.30. The number of para-hydroxylation sites is 1. The van der Waals surface area contributed by atoms with Crippen LogP contribution in [0.1, 0.15) is 31.7 Å². The van der Waals surface area contributed by atoms with Crippen molar-refractivity contribution in [2.24, 2.45) is 5.92 Å². The van der Waals surface area contributed by atoms with Gasteiger partial charge in [0, 0.05) is 25.7 Å². The van der Waals surface area contributed by atoms with Gasteiger partial charge in [0.15, 0.2) is 0 Å². The molecule has 1 aliphatic rings. The van der Waals surface area contributed by atoms with Gasteiger partial charge in [-0.25, -0.2) is 0 Å². The standard InChI is InChI=1S/C15H23N3O2/c1-3-9-16-15-13(5-4-6-14(15)18(19)20)11-17(2)10-12-7-8-12/h4-6,12,16H,3,7-11H2,1-2H3. The van der Waals surface area contributed by atoms with Crippen molar-refractivity contribution in [3.8, 4) is 0 Å². The van der Waals surface area contributed by atoms with Crippen molar-refractivity contribution < 1.29 is 4.92 Å². The normalized spacial score (nSPS) is 14.6. The van der Waals surface area contributed by atoms with Gasteiger partial charge in [0.1, 0.15) is 5.69 Å². The Morgan fingerprint density at radius 1 is 1.45 bits per heavy atom. The maximum absolute atomic E-state index is 11.2. The molecule has 110 valence electrons. The second-order valence-electron chi connectivity index (χ2n) is 5.64. The molecule has 1 fully saturated rings. The summed E-state index contributed by atoms with van der Waals surface area (Å²) < 4.78 is 0. The SMILES string of the molecule is CCCNc1c(CN(C)CC2CC2)cccc1[N+](=O)[O-]. The molecule has 0 atom stereocenters. The minimum Gasteiger partial charge on any atom is -0.379 e. The zero-order valence-corrected chi connectivity index (χ0v) is 12.3. The molecule has 1 saturated carbocycles. The number of hydrogen-bond acceptors (Lipinski definition) is 4. The van der Waals surface area contributed by atoms with Crippen molar-refractivity contribution in [3.05, 3.63) is 33.9 Å². The number of benzene rings is 1. The summed E-state index contributed by atoms with van der Waals surface area (Å²) >= 11 is 0. The van der Waals surface area contributed by atoms with Gasteiger partial charge in [-0.15, -0.1) is 0 Å². The van der Waals surface area contributed by atoms with Gasteiger partial charge in [-0.05, 0) is 37.8 Å². The van der Waals surface area contributed by atoms with Gasteiger partial charge in [-0.3, -0.25) is 10.1 Å². The average molecular weight is 277 g/mol. The highest BCUT2D eigenvalue weighted by molar-refractivity contribution is 5.66. The molecule has 1 aliphatic carbocycles. The fourth-order valence-corrected chi connectivity index (χ4v) is 2.42. The highest BCUT2D eigenvalue weighted by Gasteiger charge is 2.24. The molecule has 1 N–H and O–H groups in total. The lowest BCUT2D eigenvalue weighted by Gasteiger charge is -2.19. The van der Waals surface area contributed by atoms with Crippen LogP contribution in [0.15, 0.2) is 18.2 Å². The van der Waals surface area contributed by atoms with Gasteiger partial charge in [0.05, 0.1) is 4.92 Å². The van der Waals surface area contributed by atoms with E-state index in [4.69, 9.17) is 0 Å². The Hall–Kier alpha value is -1.62. The van der Waals surface area contributed by atoms with Crippen LogP contribution in [0.3, 0.4) is 0 Å². The molecule has 0 radical (unpaired) electrons. The molecule has 0 aliphatic heterocycles. The number of rotatable bonds is 8. The van der Waals surface area contributed by atoms with Crippen LogP contribution in [0.25, 0.3) is 0 Å². The highest BCUT2D eigenvalue weighted by Crippen LogP contribution is 2.32. The van der Waals surface area contributed by atoms with Crippen molar-refractivity contribution >= 4 is 11.4 Å². The van der Waals surface area contributed by atoms with E-state index in [2.05, 4.69) is 24.2 Å². The molecule has 0 heterocycles. The quantitative estimate of drug-likeness (QED) is 0.585. The topological polar surface area (TPSA) is 58.4 Å². The summed E-state index contributed by atoms with van der Waals surface area (Å²) in [7, 11) is 2.08. The van der Waals surface area contributed by atoms with E-state index >= 15 is 0 Å². The molecule has 0 unspecified atom stereocenters. The van der Waals surface area contributed by atoms with Crippen LogP contribution < -0.4 is 5.32 Å². The van der Waals surface area contributed by atoms with E-state index < -0.39 is 0 Å². The van der Waals surface area contributed by atoms with Gasteiger partial charge >= 0.3 is 0 Å². The van der Waals surface area contributed by atoms with E-state index in [1.807, 2.05) is 6.07 Å². The van der Waals surface area contributed by atoms with Gasteiger partial charge in [-0.2, -0.15) is 0 Å². The minimum absolute atomic E-state index is 0.177. The smallest absolute Gasteiger partial charge is 0.292 e. The Morgan fingerprint density at radius 3 is 2.80 bits per heavy atom. The zero-order valence-electron chi connectivity index (χ0n) is 12.3. The second kappa shape index (κ2) is 6.70. The third-order valence-corrected chi connectivity index (χ3v) is 3.58. The molecule has 20 heavy (non-hydrogen) atoms. The first kappa shape index (κ1) is 14.8. The third kappa shape index (κ3) is 3.93. The Balaban J connectivity index is 2.15. The van der Waals surface area contributed by atoms with E-state index in [1.54, 1.807) is 12.1 Å². The van der Waals surface area contributed by atoms with E-state index in [-0.39, 0.29) is 10.6 Å². The fourth-order valence-electron chi connectivity index (χ4n) is 2.42. The van der Waals surface area contributed by atoms with Crippen LogP contribution in [0.5, 0.6) is 0 Å². The summed E-state index contributed by atoms with van der Waals surface area (Å²) in [5, 5.41) is 14.4. The molecule has 0 spiro atoms. The van der Waals surface area contributed by atoms with Crippen LogP contribution in [0.4, 0.5) is 11.4 Å². The summed E-state index contributed by atoms with van der Waals surface area (Å²) in [5.41, 5.74) is 1.87. The van der Waals surface area contributed by atoms with Gasteiger partial charge in [0.2, 0.25) is 0 Å². The molecular formula is C15H23N3O2. The van der Waals surface area contributed by atoms with Crippen molar-refractivity contribution in [2.45, 2.75) is 32.7 Å². The van der Waals surface area contributed by atoms with E-state index in [0.29, 0.717) is 5.69 Å². The largest absolute Gasteiger partial charge is 0.379 e. The number of nitrogens with zero attached hydrogens (tertiary/aromatic N) is 2. The van der Waals surface area contributed by atoms with Crippen LogP contribution in [-0.2, 0) is 6.54 Å². The average Bonchev–Trinajstić information content (AvgIpc) is 3.20. The number of anilines is 1. The molecule has 0 amide bonds. The summed E-state index contributed by atoms with van der Waals surface area (Å²) in [6.45, 7) is 4.64. The van der Waals surface area contributed by atoms with Crippen LogP contribution in [0.2, 0.25) is 0 Å². The van der Waals surface area contributed by atoms with Crippen LogP contribution >= 0.6 is 0 Å². The lowest BCUT2D eigenvalue weighted by atomic mass is 10.1. The lowest BCUT2D eigenvalue weighted by molar-refractivity contribution is -0.384. The van der Waals surface area contributed by atoms with Crippen molar-refractivity contribution in [1.82, 2.24) is 4.90 Å². The van der Waals surface area contributed by atoms with Crippen LogP contribution in [-0.4, -0.2) is 30.0 Å². The number of hydrogen-bond donors (Lipinski definition) is 1. The van der Waals surface area contributed by atoms with E-state index in [9.17, 15) is 10.1 Å². The Morgan fingerprint density at radius 2 is 2.20 bits per heavy atom. The predicted octanol–water partition coefficient (Wildman–Crippen LogP) is 3.26. The Kier molecular flexibility index (Phi) is 4.95.